The summed E-state index contributed by atoms with van der Waals surface area (Å²) in [6, 6.07) is 21.9. The lowest BCUT2D eigenvalue weighted by Gasteiger charge is -2.21. The van der Waals surface area contributed by atoms with Crippen molar-refractivity contribution >= 4 is 16.3 Å². The van der Waals surface area contributed by atoms with Crippen molar-refractivity contribution in [3.8, 4) is 10.6 Å². The van der Waals surface area contributed by atoms with Crippen LogP contribution in [0.1, 0.15) is 24.6 Å². The predicted octanol–water partition coefficient (Wildman–Crippen LogP) is 4.23. The van der Waals surface area contributed by atoms with E-state index in [1.54, 1.807) is 6.07 Å². The average molecular weight is 391 g/mol. The molecule has 0 radical (unpaired) electrons. The molecule has 0 aliphatic carbocycles. The first-order valence-corrected chi connectivity index (χ1v) is 10.3. The van der Waals surface area contributed by atoms with Crippen LogP contribution >= 0.6 is 11.3 Å². The molecule has 2 heterocycles. The van der Waals surface area contributed by atoms with E-state index in [2.05, 4.69) is 41.2 Å². The summed E-state index contributed by atoms with van der Waals surface area (Å²) < 4.78 is 1.40. The van der Waals surface area contributed by atoms with Gasteiger partial charge in [0.1, 0.15) is 5.01 Å². The molecule has 0 atom stereocenters. The van der Waals surface area contributed by atoms with Crippen molar-refractivity contribution in [2.45, 2.75) is 26.4 Å². The van der Waals surface area contributed by atoms with Crippen LogP contribution in [-0.4, -0.2) is 26.0 Å². The van der Waals surface area contributed by atoms with Gasteiger partial charge in [-0.25, -0.2) is 4.98 Å². The number of rotatable bonds is 7. The molecule has 4 aromatic rings. The lowest BCUT2D eigenvalue weighted by Crippen LogP contribution is -2.26. The molecule has 0 fully saturated rings. The highest BCUT2D eigenvalue weighted by Crippen LogP contribution is 2.24. The van der Waals surface area contributed by atoms with Gasteiger partial charge in [0, 0.05) is 24.7 Å². The Morgan fingerprint density at radius 1 is 1.00 bits per heavy atom. The van der Waals surface area contributed by atoms with Gasteiger partial charge in [0.15, 0.2) is 0 Å². The van der Waals surface area contributed by atoms with E-state index >= 15 is 0 Å². The summed E-state index contributed by atoms with van der Waals surface area (Å²) in [5.41, 5.74) is 2.92. The molecule has 0 amide bonds. The van der Waals surface area contributed by atoms with E-state index in [4.69, 9.17) is 4.98 Å². The molecule has 0 aliphatic rings. The summed E-state index contributed by atoms with van der Waals surface area (Å²) in [7, 11) is 0. The third kappa shape index (κ3) is 4.18. The van der Waals surface area contributed by atoms with Gasteiger partial charge in [0.05, 0.1) is 5.69 Å². The molecule has 0 bridgehead atoms. The Kier molecular flexibility index (Phi) is 5.60. The van der Waals surface area contributed by atoms with Crippen molar-refractivity contribution in [1.82, 2.24) is 19.5 Å². The van der Waals surface area contributed by atoms with E-state index in [0.717, 1.165) is 35.8 Å². The van der Waals surface area contributed by atoms with Crippen molar-refractivity contribution in [3.63, 3.8) is 0 Å². The van der Waals surface area contributed by atoms with Gasteiger partial charge in [-0.2, -0.15) is 9.61 Å². The second-order valence-electron chi connectivity index (χ2n) is 6.75. The van der Waals surface area contributed by atoms with Crippen molar-refractivity contribution in [2.75, 3.05) is 6.54 Å². The van der Waals surface area contributed by atoms with Crippen LogP contribution < -0.4 is 5.56 Å². The van der Waals surface area contributed by atoms with Gasteiger partial charge in [0.2, 0.25) is 4.96 Å². The molecule has 0 N–H and O–H groups in total. The molecule has 142 valence electrons. The van der Waals surface area contributed by atoms with E-state index in [1.807, 2.05) is 36.4 Å². The molecular formula is C22H22N4OS. The molecule has 2 aromatic carbocycles. The van der Waals surface area contributed by atoms with Crippen LogP contribution in [0, 0.1) is 0 Å². The molecule has 0 spiro atoms. The molecule has 0 unspecified atom stereocenters. The Balaban J connectivity index is 1.61. The highest BCUT2D eigenvalue weighted by molar-refractivity contribution is 7.19. The van der Waals surface area contributed by atoms with E-state index in [0.29, 0.717) is 11.5 Å². The normalized spacial score (nSPS) is 11.4. The molecule has 6 heteroatoms. The zero-order valence-corrected chi connectivity index (χ0v) is 16.6. The first-order valence-electron chi connectivity index (χ1n) is 9.44. The van der Waals surface area contributed by atoms with Gasteiger partial charge >= 0.3 is 0 Å². The third-order valence-electron chi connectivity index (χ3n) is 4.49. The Morgan fingerprint density at radius 3 is 2.43 bits per heavy atom. The van der Waals surface area contributed by atoms with Gasteiger partial charge in [0.25, 0.3) is 5.56 Å². The number of nitrogens with zero attached hydrogens (tertiary/aromatic N) is 4. The van der Waals surface area contributed by atoms with Gasteiger partial charge in [-0.05, 0) is 18.5 Å². The lowest BCUT2D eigenvalue weighted by molar-refractivity contribution is 0.254. The van der Waals surface area contributed by atoms with Gasteiger partial charge in [-0.15, -0.1) is 0 Å². The van der Waals surface area contributed by atoms with Crippen LogP contribution in [0.5, 0.6) is 0 Å². The largest absolute Gasteiger partial charge is 0.293 e. The van der Waals surface area contributed by atoms with Crippen LogP contribution in [0.15, 0.2) is 71.5 Å². The summed E-state index contributed by atoms with van der Waals surface area (Å²) in [5.74, 6) is 0. The van der Waals surface area contributed by atoms with E-state index < -0.39 is 0 Å². The minimum atomic E-state index is -0.130. The maximum atomic E-state index is 12.6. The average Bonchev–Trinajstić information content (AvgIpc) is 3.14. The molecule has 0 aliphatic heterocycles. The summed E-state index contributed by atoms with van der Waals surface area (Å²) >= 11 is 1.45. The highest BCUT2D eigenvalue weighted by Gasteiger charge is 2.13. The number of benzene rings is 2. The zero-order valence-electron chi connectivity index (χ0n) is 15.8. The van der Waals surface area contributed by atoms with Crippen molar-refractivity contribution in [1.29, 1.82) is 0 Å². The van der Waals surface area contributed by atoms with Gasteiger partial charge < -0.3 is 0 Å². The number of aromatic nitrogens is 3. The quantitative estimate of drug-likeness (QED) is 0.474. The Morgan fingerprint density at radius 2 is 1.71 bits per heavy atom. The molecule has 2 aromatic heterocycles. The highest BCUT2D eigenvalue weighted by atomic mass is 32.1. The zero-order chi connectivity index (χ0) is 19.3. The summed E-state index contributed by atoms with van der Waals surface area (Å²) in [5, 5.41) is 5.26. The lowest BCUT2D eigenvalue weighted by atomic mass is 10.2. The van der Waals surface area contributed by atoms with E-state index in [9.17, 15) is 4.79 Å². The fraction of sp³-hybridized carbons (Fsp3) is 0.227. The number of hydrogen-bond acceptors (Lipinski definition) is 5. The molecule has 4 rings (SSSR count). The standard InChI is InChI=1S/C22H22N4OS/c1-2-13-25(15-17-9-5-3-6-10-17)16-19-14-20(27)26-22(23-19)28-21(24-26)18-11-7-4-8-12-18/h3-12,14H,2,13,15-16H2,1H3. The minimum Gasteiger partial charge on any atom is -0.293 e. The first kappa shape index (κ1) is 18.5. The Bertz CT molecular complexity index is 1110. The van der Waals surface area contributed by atoms with Crippen LogP contribution in [0.2, 0.25) is 0 Å². The van der Waals surface area contributed by atoms with Crippen LogP contribution in [0.4, 0.5) is 0 Å². The molecule has 0 saturated heterocycles. The number of fused-ring (bicyclic) bond motifs is 1. The summed E-state index contributed by atoms with van der Waals surface area (Å²) in [4.78, 5) is 20.3. The maximum absolute atomic E-state index is 12.6. The minimum absolute atomic E-state index is 0.130. The molecule has 5 nitrogen and oxygen atoms in total. The van der Waals surface area contributed by atoms with Crippen molar-refractivity contribution < 1.29 is 0 Å². The molecule has 28 heavy (non-hydrogen) atoms. The second-order valence-corrected chi connectivity index (χ2v) is 7.71. The first-order chi connectivity index (χ1) is 13.7. The second kappa shape index (κ2) is 8.46. The monoisotopic (exact) mass is 390 g/mol. The smallest absolute Gasteiger partial charge is 0.275 e. The number of hydrogen-bond donors (Lipinski definition) is 0. The topological polar surface area (TPSA) is 50.5 Å². The Labute approximate surface area is 167 Å². The predicted molar refractivity (Wildman–Crippen MR) is 113 cm³/mol. The summed E-state index contributed by atoms with van der Waals surface area (Å²) in [6.07, 6.45) is 1.05. The van der Waals surface area contributed by atoms with E-state index in [-0.39, 0.29) is 5.56 Å². The van der Waals surface area contributed by atoms with Crippen LogP contribution in [0.25, 0.3) is 15.5 Å². The van der Waals surface area contributed by atoms with Crippen molar-refractivity contribution in [2.24, 2.45) is 0 Å². The van der Waals surface area contributed by atoms with Gasteiger partial charge in [-0.1, -0.05) is 78.9 Å². The fourth-order valence-electron chi connectivity index (χ4n) is 3.24. The summed E-state index contributed by atoms with van der Waals surface area (Å²) in [6.45, 7) is 4.60. The Hall–Kier alpha value is -2.83. The fourth-order valence-corrected chi connectivity index (χ4v) is 4.17. The van der Waals surface area contributed by atoms with Gasteiger partial charge in [-0.3, -0.25) is 9.69 Å². The molecular weight excluding hydrogens is 368 g/mol. The third-order valence-corrected chi connectivity index (χ3v) is 5.45. The van der Waals surface area contributed by atoms with Crippen molar-refractivity contribution in [3.05, 3.63) is 88.3 Å². The van der Waals surface area contributed by atoms with Crippen LogP contribution in [-0.2, 0) is 13.1 Å². The maximum Gasteiger partial charge on any atom is 0.275 e. The van der Waals surface area contributed by atoms with Crippen LogP contribution in [0.3, 0.4) is 0 Å². The molecule has 0 saturated carbocycles. The SMILES string of the molecule is CCCN(Cc1ccccc1)Cc1cc(=O)n2nc(-c3ccccc3)sc2n1. The van der Waals surface area contributed by atoms with E-state index in [1.165, 1.54) is 21.4 Å².